The summed E-state index contributed by atoms with van der Waals surface area (Å²) in [5.74, 6) is -1.59. The fourth-order valence-electron chi connectivity index (χ4n) is 2.84. The molecule has 1 unspecified atom stereocenters. The fraction of sp³-hybridized carbons (Fsp3) is 1.00. The number of ether oxygens (including phenoxy) is 2. The van der Waals surface area contributed by atoms with E-state index in [9.17, 15) is 43.2 Å². The van der Waals surface area contributed by atoms with Crippen LogP contribution in [0.5, 0.6) is 0 Å². The van der Waals surface area contributed by atoms with Gasteiger partial charge >= 0.3 is 31.1 Å². The SMILES string of the molecule is O=S(=O)(N(C1CCCC2(C1)OCCO2)S(=O)(=O)C(F)(F)F)C(F)(F)F. The molecule has 1 aliphatic carbocycles. The second-order valence-corrected chi connectivity index (χ2v) is 9.33. The molecule has 1 atom stereocenters. The van der Waals surface area contributed by atoms with Gasteiger partial charge in [0.2, 0.25) is 0 Å². The third-order valence-corrected chi connectivity index (χ3v) is 7.70. The van der Waals surface area contributed by atoms with Crippen molar-refractivity contribution in [3.63, 3.8) is 0 Å². The van der Waals surface area contributed by atoms with E-state index in [0.717, 1.165) is 0 Å². The second-order valence-electron chi connectivity index (χ2n) is 5.48. The number of sulfonamides is 2. The summed E-state index contributed by atoms with van der Waals surface area (Å²) in [4.78, 5) is 0. The normalized spacial score (nSPS) is 25.6. The highest BCUT2D eigenvalue weighted by Crippen LogP contribution is 2.44. The Balaban J connectivity index is 2.53. The Bertz CT molecular complexity index is 665. The van der Waals surface area contributed by atoms with Crippen molar-refractivity contribution < 1.29 is 52.7 Å². The van der Waals surface area contributed by atoms with E-state index in [1.54, 1.807) is 0 Å². The van der Waals surface area contributed by atoms with Gasteiger partial charge < -0.3 is 9.47 Å². The van der Waals surface area contributed by atoms with E-state index < -0.39 is 59.4 Å². The Morgan fingerprint density at radius 2 is 1.32 bits per heavy atom. The largest absolute Gasteiger partial charge is 0.512 e. The zero-order valence-electron chi connectivity index (χ0n) is 12.3. The van der Waals surface area contributed by atoms with Gasteiger partial charge in [0.15, 0.2) is 5.79 Å². The van der Waals surface area contributed by atoms with Crippen molar-refractivity contribution >= 4 is 20.0 Å². The van der Waals surface area contributed by atoms with Crippen LogP contribution in [0.1, 0.15) is 25.7 Å². The number of alkyl halides is 6. The zero-order valence-corrected chi connectivity index (χ0v) is 13.9. The molecule has 0 radical (unpaired) electrons. The van der Waals surface area contributed by atoms with E-state index in [4.69, 9.17) is 9.47 Å². The van der Waals surface area contributed by atoms with Gasteiger partial charge in [0, 0.05) is 18.9 Å². The van der Waals surface area contributed by atoms with E-state index >= 15 is 0 Å². The van der Waals surface area contributed by atoms with Gasteiger partial charge in [-0.1, -0.05) is 3.71 Å². The molecule has 0 aromatic carbocycles. The summed E-state index contributed by atoms with van der Waals surface area (Å²) in [5, 5.41) is 0. The van der Waals surface area contributed by atoms with Crippen LogP contribution in [0.15, 0.2) is 0 Å². The summed E-state index contributed by atoms with van der Waals surface area (Å²) in [6, 6.07) is -2.13. The highest BCUT2D eigenvalue weighted by molar-refractivity contribution is 8.04. The van der Waals surface area contributed by atoms with Crippen LogP contribution in [0.3, 0.4) is 0 Å². The molecule has 148 valence electrons. The first kappa shape index (κ1) is 20.7. The number of hydrogen-bond donors (Lipinski definition) is 0. The van der Waals surface area contributed by atoms with Crippen LogP contribution in [0.4, 0.5) is 26.3 Å². The first-order valence-electron chi connectivity index (χ1n) is 6.84. The molecule has 1 saturated carbocycles. The number of nitrogens with zero attached hydrogens (tertiary/aromatic N) is 1. The molecule has 0 aromatic rings. The van der Waals surface area contributed by atoms with E-state index in [-0.39, 0.29) is 26.1 Å². The first-order chi connectivity index (χ1) is 11.1. The van der Waals surface area contributed by atoms with Gasteiger partial charge in [-0.3, -0.25) is 0 Å². The average Bonchev–Trinajstić information content (AvgIpc) is 2.83. The van der Waals surface area contributed by atoms with Crippen LogP contribution in [-0.2, 0) is 29.5 Å². The maximum Gasteiger partial charge on any atom is 0.512 e. The van der Waals surface area contributed by atoms with Crippen molar-refractivity contribution in [2.75, 3.05) is 13.2 Å². The van der Waals surface area contributed by atoms with Gasteiger partial charge in [-0.15, -0.1) is 0 Å². The lowest BCUT2D eigenvalue weighted by atomic mass is 9.90. The Morgan fingerprint density at radius 1 is 0.880 bits per heavy atom. The van der Waals surface area contributed by atoms with Gasteiger partial charge in [0.1, 0.15) is 0 Å². The molecule has 0 aromatic heterocycles. The Labute approximate surface area is 139 Å². The van der Waals surface area contributed by atoms with E-state index in [1.807, 2.05) is 0 Å². The van der Waals surface area contributed by atoms with E-state index in [2.05, 4.69) is 0 Å². The molecule has 7 nitrogen and oxygen atoms in total. The minimum atomic E-state index is -6.81. The highest BCUT2D eigenvalue weighted by atomic mass is 32.3. The zero-order chi connectivity index (χ0) is 19.3. The van der Waals surface area contributed by atoms with Gasteiger partial charge in [0.05, 0.1) is 13.2 Å². The molecule has 0 bridgehead atoms. The molecular weight excluding hydrogens is 408 g/mol. The van der Waals surface area contributed by atoms with Crippen LogP contribution in [0.2, 0.25) is 0 Å². The quantitative estimate of drug-likeness (QED) is 0.644. The van der Waals surface area contributed by atoms with E-state index in [0.29, 0.717) is 0 Å². The lowest BCUT2D eigenvalue weighted by molar-refractivity contribution is -0.184. The number of hydrogen-bond acceptors (Lipinski definition) is 6. The third kappa shape index (κ3) is 3.61. The van der Waals surface area contributed by atoms with Crippen LogP contribution >= 0.6 is 0 Å². The van der Waals surface area contributed by atoms with Crippen LogP contribution < -0.4 is 0 Å². The summed E-state index contributed by atoms with van der Waals surface area (Å²) >= 11 is 0. The number of rotatable bonds is 3. The molecule has 1 spiro atoms. The van der Waals surface area contributed by atoms with Gasteiger partial charge in [0.25, 0.3) is 0 Å². The van der Waals surface area contributed by atoms with Crippen molar-refractivity contribution in [2.24, 2.45) is 0 Å². The summed E-state index contributed by atoms with van der Waals surface area (Å²) < 4.78 is 132. The predicted molar refractivity (Wildman–Crippen MR) is 68.7 cm³/mol. The van der Waals surface area contributed by atoms with Crippen molar-refractivity contribution in [2.45, 2.75) is 48.5 Å². The Hall–Kier alpha value is -0.640. The molecule has 2 rings (SSSR count). The van der Waals surface area contributed by atoms with Crippen molar-refractivity contribution in [3.8, 4) is 0 Å². The second kappa shape index (κ2) is 6.21. The molecule has 2 fully saturated rings. The van der Waals surface area contributed by atoms with Crippen molar-refractivity contribution in [3.05, 3.63) is 0 Å². The molecule has 1 saturated heterocycles. The van der Waals surface area contributed by atoms with Crippen molar-refractivity contribution in [1.82, 2.24) is 3.71 Å². The topological polar surface area (TPSA) is 90.0 Å². The fourth-order valence-corrected chi connectivity index (χ4v) is 5.93. The minimum Gasteiger partial charge on any atom is -0.347 e. The molecule has 1 heterocycles. The summed E-state index contributed by atoms with van der Waals surface area (Å²) in [7, 11) is -13.6. The van der Waals surface area contributed by atoms with Crippen LogP contribution in [-0.4, -0.2) is 56.6 Å². The summed E-state index contributed by atoms with van der Waals surface area (Å²) in [5.41, 5.74) is -12.5. The summed E-state index contributed by atoms with van der Waals surface area (Å²) in [6.45, 7) is 0.00945. The monoisotopic (exact) mass is 421 g/mol. The molecule has 0 amide bonds. The molecule has 25 heavy (non-hydrogen) atoms. The Morgan fingerprint density at radius 3 is 1.72 bits per heavy atom. The van der Waals surface area contributed by atoms with Crippen molar-refractivity contribution in [1.29, 1.82) is 0 Å². The smallest absolute Gasteiger partial charge is 0.347 e. The van der Waals surface area contributed by atoms with E-state index in [1.165, 1.54) is 0 Å². The predicted octanol–water partition coefficient (Wildman–Crippen LogP) is 1.67. The molecule has 2 aliphatic rings. The van der Waals surface area contributed by atoms with Gasteiger partial charge in [-0.25, -0.2) is 16.8 Å². The maximum atomic E-state index is 12.8. The van der Waals surface area contributed by atoms with Crippen LogP contribution in [0, 0.1) is 0 Å². The summed E-state index contributed by atoms with van der Waals surface area (Å²) in [6.07, 6.45) is -1.28. The standard InChI is InChI=1S/C10H13F6NO6S2/c11-9(12,13)24(18,19)17(25(20,21)10(14,15)16)7-2-1-3-8(6-7)22-4-5-23-8/h7H,1-6H2. The molecule has 1 aliphatic heterocycles. The van der Waals surface area contributed by atoms with Crippen LogP contribution in [0.25, 0.3) is 0 Å². The molecule has 0 N–H and O–H groups in total. The maximum absolute atomic E-state index is 12.8. The first-order valence-corrected chi connectivity index (χ1v) is 9.72. The van der Waals surface area contributed by atoms with Gasteiger partial charge in [-0.2, -0.15) is 26.3 Å². The highest BCUT2D eigenvalue weighted by Gasteiger charge is 2.64. The third-order valence-electron chi connectivity index (χ3n) is 3.81. The molecule has 15 heteroatoms. The lowest BCUT2D eigenvalue weighted by Gasteiger charge is -2.40. The Kier molecular flexibility index (Phi) is 5.14. The number of halogens is 6. The average molecular weight is 421 g/mol. The minimum absolute atomic E-state index is 0.00472. The lowest BCUT2D eigenvalue weighted by Crippen LogP contribution is -2.56. The molecular formula is C10H13F6NO6S2. The van der Waals surface area contributed by atoms with Gasteiger partial charge in [-0.05, 0) is 12.8 Å².